The number of hydrogen-bond acceptors (Lipinski definition) is 2. The number of benzene rings is 1. The summed E-state index contributed by atoms with van der Waals surface area (Å²) in [4.78, 5) is 2.51. The second kappa shape index (κ2) is 8.68. The summed E-state index contributed by atoms with van der Waals surface area (Å²) in [5, 5.41) is 3.39. The maximum Gasteiger partial charge on any atom is 0.124 e. The standard InChI is InChI=1S/C15H20BrFN2.2ClH/c16-13-8-12(9-14(17)10-13)15(7-11-1-2-11)19-5-3-18-4-6-19;;/h8-11,15,18H,1-7H2;2*1H/t15-;;/m0../s1. The van der Waals surface area contributed by atoms with Gasteiger partial charge in [-0.2, -0.15) is 0 Å². The molecule has 1 aromatic rings. The van der Waals surface area contributed by atoms with E-state index in [9.17, 15) is 4.39 Å². The normalized spacial score (nSPS) is 20.3. The SMILES string of the molecule is Cl.Cl.Fc1cc(Br)cc([C@H](CC2CC2)N2CCNCC2)c1. The molecule has 1 saturated heterocycles. The number of piperazine rings is 1. The number of hydrogen-bond donors (Lipinski definition) is 1. The van der Waals surface area contributed by atoms with E-state index in [0.29, 0.717) is 6.04 Å². The van der Waals surface area contributed by atoms with E-state index < -0.39 is 0 Å². The van der Waals surface area contributed by atoms with Crippen LogP contribution in [-0.4, -0.2) is 31.1 Å². The molecular formula is C15H22BrCl2FN2. The molecule has 1 heterocycles. The van der Waals surface area contributed by atoms with Gasteiger partial charge < -0.3 is 5.32 Å². The summed E-state index contributed by atoms with van der Waals surface area (Å²) in [6.07, 6.45) is 3.87. The minimum Gasteiger partial charge on any atom is -0.314 e. The van der Waals surface area contributed by atoms with E-state index in [4.69, 9.17) is 0 Å². The van der Waals surface area contributed by atoms with Crippen LogP contribution in [0.3, 0.4) is 0 Å². The van der Waals surface area contributed by atoms with Gasteiger partial charge in [-0.1, -0.05) is 28.8 Å². The van der Waals surface area contributed by atoms with Crippen LogP contribution in [0.4, 0.5) is 4.39 Å². The fraction of sp³-hybridized carbons (Fsp3) is 0.600. The highest BCUT2D eigenvalue weighted by Gasteiger charge is 2.30. The van der Waals surface area contributed by atoms with Gasteiger partial charge in [0.2, 0.25) is 0 Å². The van der Waals surface area contributed by atoms with Crippen LogP contribution in [0.5, 0.6) is 0 Å². The zero-order valence-electron chi connectivity index (χ0n) is 11.9. The van der Waals surface area contributed by atoms with Crippen LogP contribution in [0.2, 0.25) is 0 Å². The van der Waals surface area contributed by atoms with Crippen LogP contribution in [0, 0.1) is 11.7 Å². The van der Waals surface area contributed by atoms with Crippen LogP contribution in [0.15, 0.2) is 22.7 Å². The molecular weight excluding hydrogens is 378 g/mol. The van der Waals surface area contributed by atoms with E-state index in [1.54, 1.807) is 6.07 Å². The van der Waals surface area contributed by atoms with Crippen LogP contribution < -0.4 is 5.32 Å². The lowest BCUT2D eigenvalue weighted by Gasteiger charge is -2.35. The highest BCUT2D eigenvalue weighted by Crippen LogP contribution is 2.40. The van der Waals surface area contributed by atoms with Crippen molar-refractivity contribution in [3.05, 3.63) is 34.1 Å². The van der Waals surface area contributed by atoms with Crippen molar-refractivity contribution in [2.75, 3.05) is 26.2 Å². The van der Waals surface area contributed by atoms with Crippen LogP contribution in [0.1, 0.15) is 30.9 Å². The zero-order chi connectivity index (χ0) is 13.2. The van der Waals surface area contributed by atoms with Gasteiger partial charge in [0.1, 0.15) is 5.82 Å². The first-order chi connectivity index (χ1) is 9.22. The maximum absolute atomic E-state index is 13.6. The molecule has 0 spiro atoms. The minimum absolute atomic E-state index is 0. The average molecular weight is 400 g/mol. The fourth-order valence-electron chi connectivity index (χ4n) is 2.93. The Morgan fingerprint density at radius 3 is 2.43 bits per heavy atom. The molecule has 0 bridgehead atoms. The third-order valence-corrected chi connectivity index (χ3v) is 4.57. The fourth-order valence-corrected chi connectivity index (χ4v) is 3.41. The van der Waals surface area contributed by atoms with Crippen molar-refractivity contribution >= 4 is 40.7 Å². The van der Waals surface area contributed by atoms with Crippen molar-refractivity contribution < 1.29 is 4.39 Å². The number of halogens is 4. The minimum atomic E-state index is -0.139. The quantitative estimate of drug-likeness (QED) is 0.816. The number of rotatable bonds is 4. The van der Waals surface area contributed by atoms with Crippen LogP contribution in [-0.2, 0) is 0 Å². The molecule has 1 aliphatic carbocycles. The Balaban J connectivity index is 0.00000110. The van der Waals surface area contributed by atoms with Crippen LogP contribution >= 0.6 is 40.7 Å². The Kier molecular flexibility index (Phi) is 7.93. The maximum atomic E-state index is 13.6. The highest BCUT2D eigenvalue weighted by molar-refractivity contribution is 9.10. The summed E-state index contributed by atoms with van der Waals surface area (Å²) in [6, 6.07) is 5.70. The molecule has 1 N–H and O–H groups in total. The molecule has 1 atom stereocenters. The molecule has 0 radical (unpaired) electrons. The molecule has 120 valence electrons. The van der Waals surface area contributed by atoms with E-state index in [-0.39, 0.29) is 30.6 Å². The predicted octanol–water partition coefficient (Wildman–Crippen LogP) is 4.18. The van der Waals surface area contributed by atoms with Gasteiger partial charge in [0.25, 0.3) is 0 Å². The summed E-state index contributed by atoms with van der Waals surface area (Å²) >= 11 is 3.42. The summed E-state index contributed by atoms with van der Waals surface area (Å²) < 4.78 is 14.5. The number of nitrogens with one attached hydrogen (secondary N) is 1. The van der Waals surface area contributed by atoms with Crippen molar-refractivity contribution in [2.24, 2.45) is 5.92 Å². The first kappa shape index (κ1) is 19.2. The van der Waals surface area contributed by atoms with E-state index >= 15 is 0 Å². The van der Waals surface area contributed by atoms with Crippen molar-refractivity contribution in [3.63, 3.8) is 0 Å². The second-order valence-electron chi connectivity index (χ2n) is 5.68. The third-order valence-electron chi connectivity index (χ3n) is 4.12. The van der Waals surface area contributed by atoms with E-state index in [1.165, 1.54) is 25.3 Å². The Hall–Kier alpha value is 0.130. The molecule has 2 nitrogen and oxygen atoms in total. The molecule has 0 unspecified atom stereocenters. The van der Waals surface area contributed by atoms with Crippen molar-refractivity contribution in [2.45, 2.75) is 25.3 Å². The first-order valence-corrected chi connectivity index (χ1v) is 7.92. The zero-order valence-corrected chi connectivity index (χ0v) is 15.1. The van der Waals surface area contributed by atoms with Crippen LogP contribution in [0.25, 0.3) is 0 Å². The molecule has 0 aromatic heterocycles. The monoisotopic (exact) mass is 398 g/mol. The molecule has 0 amide bonds. The highest BCUT2D eigenvalue weighted by atomic mass is 79.9. The molecule has 1 aliphatic heterocycles. The topological polar surface area (TPSA) is 15.3 Å². The van der Waals surface area contributed by atoms with Gasteiger partial charge >= 0.3 is 0 Å². The summed E-state index contributed by atoms with van der Waals surface area (Å²) in [6.45, 7) is 4.20. The van der Waals surface area contributed by atoms with Gasteiger partial charge in [-0.05, 0) is 36.1 Å². The Bertz CT molecular complexity index is 431. The van der Waals surface area contributed by atoms with Gasteiger partial charge in [0.15, 0.2) is 0 Å². The average Bonchev–Trinajstić information content (AvgIpc) is 3.20. The summed E-state index contributed by atoms with van der Waals surface area (Å²) in [5.41, 5.74) is 1.13. The molecule has 21 heavy (non-hydrogen) atoms. The number of nitrogens with zero attached hydrogens (tertiary/aromatic N) is 1. The lowest BCUT2D eigenvalue weighted by atomic mass is 9.98. The molecule has 1 saturated carbocycles. The first-order valence-electron chi connectivity index (χ1n) is 7.13. The molecule has 6 heteroatoms. The van der Waals surface area contributed by atoms with E-state index in [0.717, 1.165) is 42.1 Å². The lowest BCUT2D eigenvalue weighted by molar-refractivity contribution is 0.160. The van der Waals surface area contributed by atoms with Gasteiger partial charge in [0.05, 0.1) is 0 Å². The molecule has 2 aliphatic rings. The molecule has 3 rings (SSSR count). The smallest absolute Gasteiger partial charge is 0.124 e. The Labute approximate surface area is 146 Å². The van der Waals surface area contributed by atoms with E-state index in [1.807, 2.05) is 0 Å². The summed E-state index contributed by atoms with van der Waals surface area (Å²) in [5.74, 6) is 0.710. The third kappa shape index (κ3) is 5.36. The van der Waals surface area contributed by atoms with Crippen molar-refractivity contribution in [1.29, 1.82) is 0 Å². The largest absolute Gasteiger partial charge is 0.314 e. The van der Waals surface area contributed by atoms with Gasteiger partial charge in [-0.3, -0.25) is 4.90 Å². The van der Waals surface area contributed by atoms with Crippen molar-refractivity contribution in [3.8, 4) is 0 Å². The molecule has 1 aromatic carbocycles. The van der Waals surface area contributed by atoms with E-state index in [2.05, 4.69) is 32.2 Å². The Morgan fingerprint density at radius 2 is 1.86 bits per heavy atom. The summed E-state index contributed by atoms with van der Waals surface area (Å²) in [7, 11) is 0. The Morgan fingerprint density at radius 1 is 1.19 bits per heavy atom. The second-order valence-corrected chi connectivity index (χ2v) is 6.60. The molecule has 2 fully saturated rings. The lowest BCUT2D eigenvalue weighted by Crippen LogP contribution is -2.45. The van der Waals surface area contributed by atoms with Gasteiger partial charge in [-0.25, -0.2) is 4.39 Å². The van der Waals surface area contributed by atoms with Gasteiger partial charge in [0, 0.05) is 36.7 Å². The van der Waals surface area contributed by atoms with Gasteiger partial charge in [-0.15, -0.1) is 24.8 Å². The van der Waals surface area contributed by atoms with Crippen molar-refractivity contribution in [1.82, 2.24) is 10.2 Å². The predicted molar refractivity (Wildman–Crippen MR) is 93.1 cm³/mol.